The predicted molar refractivity (Wildman–Crippen MR) is 93.4 cm³/mol. The van der Waals surface area contributed by atoms with Gasteiger partial charge in [0.2, 0.25) is 5.95 Å². The summed E-state index contributed by atoms with van der Waals surface area (Å²) in [6.07, 6.45) is 5.12. The fourth-order valence-electron chi connectivity index (χ4n) is 3.68. The second-order valence-corrected chi connectivity index (χ2v) is 6.77. The first kappa shape index (κ1) is 16.6. The average Bonchev–Trinajstić information content (AvgIpc) is 3.09. The van der Waals surface area contributed by atoms with Crippen LogP contribution in [0.15, 0.2) is 35.5 Å². The number of benzene rings is 1. The number of allylic oxidation sites excluding steroid dienone is 1. The molecule has 0 unspecified atom stereocenters. The molecule has 2 aromatic rings. The second kappa shape index (κ2) is 6.78. The number of phenolic OH excluding ortho intramolecular Hbond substituents is 1. The summed E-state index contributed by atoms with van der Waals surface area (Å²) in [5.74, 6) is 0.203. The van der Waals surface area contributed by atoms with Gasteiger partial charge in [-0.15, -0.1) is 0 Å². The standard InChI is InChI=1S/C18H21N5O3/c1-11-15(17(25)26-14-8-3-2-4-9-14)16(12-6-5-7-13(24)10-12)23-18(19-11)20-21-22-23/h5-7,10,14,16,24H,2-4,8-9H2,1H3,(H,19,20,22)/t16-/m1/s1. The zero-order valence-electron chi connectivity index (χ0n) is 14.6. The fraction of sp³-hybridized carbons (Fsp3) is 0.444. The Kier molecular flexibility index (Phi) is 4.32. The van der Waals surface area contributed by atoms with Crippen LogP contribution in [0.1, 0.15) is 50.6 Å². The minimum atomic E-state index is -0.551. The number of aromatic nitrogens is 4. The van der Waals surface area contributed by atoms with Crippen molar-refractivity contribution in [2.45, 2.75) is 51.2 Å². The number of carbonyl (C=O) groups excluding carboxylic acids is 1. The molecule has 26 heavy (non-hydrogen) atoms. The molecule has 1 aliphatic heterocycles. The van der Waals surface area contributed by atoms with Gasteiger partial charge in [-0.2, -0.15) is 4.68 Å². The maximum absolute atomic E-state index is 13.0. The van der Waals surface area contributed by atoms with Gasteiger partial charge in [0.1, 0.15) is 17.9 Å². The van der Waals surface area contributed by atoms with Crippen molar-refractivity contribution in [1.29, 1.82) is 0 Å². The molecule has 1 saturated carbocycles. The van der Waals surface area contributed by atoms with Crippen molar-refractivity contribution in [3.8, 4) is 5.75 Å². The lowest BCUT2D eigenvalue weighted by atomic mass is 9.94. The molecule has 1 aromatic heterocycles. The van der Waals surface area contributed by atoms with Crippen molar-refractivity contribution in [2.24, 2.45) is 0 Å². The lowest BCUT2D eigenvalue weighted by Gasteiger charge is -2.29. The molecule has 136 valence electrons. The Bertz CT molecular complexity index is 854. The first-order valence-corrected chi connectivity index (χ1v) is 8.89. The largest absolute Gasteiger partial charge is 0.508 e. The van der Waals surface area contributed by atoms with E-state index < -0.39 is 6.04 Å². The summed E-state index contributed by atoms with van der Waals surface area (Å²) in [5.41, 5.74) is 1.83. The van der Waals surface area contributed by atoms with Gasteiger partial charge >= 0.3 is 5.97 Å². The number of phenols is 1. The third-order valence-corrected chi connectivity index (χ3v) is 4.95. The highest BCUT2D eigenvalue weighted by Crippen LogP contribution is 2.36. The van der Waals surface area contributed by atoms with E-state index in [1.807, 2.05) is 13.0 Å². The van der Waals surface area contributed by atoms with Crippen LogP contribution in [0.2, 0.25) is 0 Å². The maximum atomic E-state index is 13.0. The smallest absolute Gasteiger partial charge is 0.338 e. The molecule has 8 heteroatoms. The zero-order valence-corrected chi connectivity index (χ0v) is 14.6. The summed E-state index contributed by atoms with van der Waals surface area (Å²) < 4.78 is 7.33. The van der Waals surface area contributed by atoms with Crippen LogP contribution < -0.4 is 5.32 Å². The van der Waals surface area contributed by atoms with E-state index in [0.29, 0.717) is 17.2 Å². The Morgan fingerprint density at radius 3 is 2.88 bits per heavy atom. The molecule has 2 N–H and O–H groups in total. The number of anilines is 1. The number of ether oxygens (including phenoxy) is 1. The molecule has 0 spiro atoms. The van der Waals surface area contributed by atoms with E-state index in [1.165, 1.54) is 6.42 Å². The molecule has 0 saturated heterocycles. The molecular weight excluding hydrogens is 334 g/mol. The maximum Gasteiger partial charge on any atom is 0.338 e. The van der Waals surface area contributed by atoms with Gasteiger partial charge < -0.3 is 15.2 Å². The quantitative estimate of drug-likeness (QED) is 0.816. The number of aromatic hydroxyl groups is 1. The highest BCUT2D eigenvalue weighted by Gasteiger charge is 2.36. The topological polar surface area (TPSA) is 102 Å². The van der Waals surface area contributed by atoms with Crippen molar-refractivity contribution in [2.75, 3.05) is 5.32 Å². The third-order valence-electron chi connectivity index (χ3n) is 4.95. The molecule has 2 heterocycles. The second-order valence-electron chi connectivity index (χ2n) is 6.77. The van der Waals surface area contributed by atoms with Crippen molar-refractivity contribution < 1.29 is 14.6 Å². The van der Waals surface area contributed by atoms with E-state index in [1.54, 1.807) is 22.9 Å². The third kappa shape index (κ3) is 3.02. The number of hydrogen-bond donors (Lipinski definition) is 2. The first-order chi connectivity index (χ1) is 12.6. The van der Waals surface area contributed by atoms with E-state index in [0.717, 1.165) is 31.2 Å². The Morgan fingerprint density at radius 1 is 1.31 bits per heavy atom. The van der Waals surface area contributed by atoms with Gasteiger partial charge in [-0.25, -0.2) is 4.79 Å². The van der Waals surface area contributed by atoms with Crippen LogP contribution in [0.5, 0.6) is 5.75 Å². The Morgan fingerprint density at radius 2 is 2.12 bits per heavy atom. The molecule has 1 fully saturated rings. The van der Waals surface area contributed by atoms with Crippen LogP contribution in [0.3, 0.4) is 0 Å². The number of fused-ring (bicyclic) bond motifs is 1. The number of tetrazole rings is 1. The predicted octanol–water partition coefficient (Wildman–Crippen LogP) is 2.54. The molecule has 8 nitrogen and oxygen atoms in total. The minimum absolute atomic E-state index is 0.0448. The van der Waals surface area contributed by atoms with Gasteiger partial charge in [-0.3, -0.25) is 0 Å². The van der Waals surface area contributed by atoms with E-state index in [4.69, 9.17) is 4.74 Å². The van der Waals surface area contributed by atoms with Crippen molar-refractivity contribution >= 4 is 11.9 Å². The molecule has 4 rings (SSSR count). The molecule has 0 bridgehead atoms. The number of carbonyl (C=O) groups is 1. The van der Waals surface area contributed by atoms with Gasteiger partial charge in [-0.1, -0.05) is 23.7 Å². The van der Waals surface area contributed by atoms with Gasteiger partial charge in [0.05, 0.1) is 5.57 Å². The van der Waals surface area contributed by atoms with Crippen molar-refractivity contribution in [1.82, 2.24) is 20.2 Å². The summed E-state index contributed by atoms with van der Waals surface area (Å²) in [6.45, 7) is 1.81. The van der Waals surface area contributed by atoms with E-state index >= 15 is 0 Å². The number of hydrogen-bond acceptors (Lipinski definition) is 7. The average molecular weight is 355 g/mol. The molecule has 0 radical (unpaired) electrons. The lowest BCUT2D eigenvalue weighted by molar-refractivity contribution is -0.146. The number of esters is 1. The molecule has 1 aliphatic carbocycles. The Hall–Kier alpha value is -2.90. The van der Waals surface area contributed by atoms with Crippen LogP contribution >= 0.6 is 0 Å². The number of nitrogens with zero attached hydrogens (tertiary/aromatic N) is 4. The molecule has 0 amide bonds. The van der Waals surface area contributed by atoms with Crippen molar-refractivity contribution in [3.05, 3.63) is 41.1 Å². The van der Waals surface area contributed by atoms with E-state index in [2.05, 4.69) is 20.8 Å². The van der Waals surface area contributed by atoms with Crippen molar-refractivity contribution in [3.63, 3.8) is 0 Å². The van der Waals surface area contributed by atoms with E-state index in [9.17, 15) is 9.90 Å². The molecular formula is C18H21N5O3. The molecule has 1 aromatic carbocycles. The Labute approximate surface area is 150 Å². The summed E-state index contributed by atoms with van der Waals surface area (Å²) in [6, 6.07) is 6.22. The first-order valence-electron chi connectivity index (χ1n) is 8.89. The lowest BCUT2D eigenvalue weighted by Crippen LogP contribution is -2.32. The highest BCUT2D eigenvalue weighted by atomic mass is 16.5. The normalized spacial score (nSPS) is 20.4. The Balaban J connectivity index is 1.71. The van der Waals surface area contributed by atoms with E-state index in [-0.39, 0.29) is 17.8 Å². The SMILES string of the molecule is CC1=C(C(=O)OC2CCCCC2)[C@@H](c2cccc(O)c2)n2nnnc2N1. The monoisotopic (exact) mass is 355 g/mol. The van der Waals surface area contributed by atoms with Crippen LogP contribution in [-0.2, 0) is 9.53 Å². The summed E-state index contributed by atoms with van der Waals surface area (Å²) in [7, 11) is 0. The van der Waals surface area contributed by atoms with Gasteiger partial charge in [-0.05, 0) is 60.7 Å². The molecule has 1 atom stereocenters. The number of nitrogens with one attached hydrogen (secondary N) is 1. The zero-order chi connectivity index (χ0) is 18.1. The summed E-state index contributed by atoms with van der Waals surface area (Å²) >= 11 is 0. The summed E-state index contributed by atoms with van der Waals surface area (Å²) in [5, 5.41) is 24.6. The van der Waals surface area contributed by atoms with Crippen LogP contribution in [0.4, 0.5) is 5.95 Å². The molecule has 2 aliphatic rings. The van der Waals surface area contributed by atoms with Gasteiger partial charge in [0, 0.05) is 5.70 Å². The highest BCUT2D eigenvalue weighted by molar-refractivity contribution is 5.92. The van der Waals surface area contributed by atoms with Gasteiger partial charge in [0.15, 0.2) is 0 Å². The van der Waals surface area contributed by atoms with Crippen LogP contribution in [0.25, 0.3) is 0 Å². The van der Waals surface area contributed by atoms with Gasteiger partial charge in [0.25, 0.3) is 0 Å². The van der Waals surface area contributed by atoms with Crippen LogP contribution in [-0.4, -0.2) is 37.4 Å². The minimum Gasteiger partial charge on any atom is -0.508 e. The fourth-order valence-corrected chi connectivity index (χ4v) is 3.68. The summed E-state index contributed by atoms with van der Waals surface area (Å²) in [4.78, 5) is 13.0. The number of rotatable bonds is 3. The van der Waals surface area contributed by atoms with Crippen LogP contribution in [0, 0.1) is 0 Å².